The normalized spacial score (nSPS) is 12.5. The van der Waals surface area contributed by atoms with E-state index < -0.39 is 16.1 Å². The van der Waals surface area contributed by atoms with Gasteiger partial charge in [0.1, 0.15) is 18.9 Å². The molecule has 7 nitrogen and oxygen atoms in total. The van der Waals surface area contributed by atoms with E-state index in [4.69, 9.17) is 4.74 Å². The number of aryl methyl sites for hydroxylation is 3. The molecule has 0 fully saturated rings. The van der Waals surface area contributed by atoms with E-state index in [1.807, 2.05) is 64.1 Å². The van der Waals surface area contributed by atoms with Crippen molar-refractivity contribution in [2.45, 2.75) is 33.7 Å². The number of benzene rings is 2. The summed E-state index contributed by atoms with van der Waals surface area (Å²) in [4.78, 5) is 12.7. The van der Waals surface area contributed by atoms with Crippen molar-refractivity contribution in [1.82, 2.24) is 9.62 Å². The molecule has 0 aromatic heterocycles. The summed E-state index contributed by atoms with van der Waals surface area (Å²) in [5.41, 5.74) is 3.31. The molecular weight excluding hydrogens is 402 g/mol. The minimum Gasteiger partial charge on any atom is -0.491 e. The maximum Gasteiger partial charge on any atom is 0.304 e. The molecule has 1 N–H and O–H groups in total. The second-order valence-corrected chi connectivity index (χ2v) is 9.75. The molecule has 2 rings (SSSR count). The first-order chi connectivity index (χ1) is 14.0. The summed E-state index contributed by atoms with van der Waals surface area (Å²) in [6.45, 7) is 7.47. The van der Waals surface area contributed by atoms with Gasteiger partial charge in [-0.25, -0.2) is 4.31 Å². The molecule has 0 spiro atoms. The monoisotopic (exact) mass is 433 g/mol. The van der Waals surface area contributed by atoms with Crippen LogP contribution in [0.3, 0.4) is 0 Å². The van der Waals surface area contributed by atoms with Crippen molar-refractivity contribution < 1.29 is 17.9 Å². The molecule has 1 amide bonds. The summed E-state index contributed by atoms with van der Waals surface area (Å²) in [5, 5.41) is 2.82. The van der Waals surface area contributed by atoms with Crippen LogP contribution in [0.25, 0.3) is 0 Å². The predicted octanol–water partition coefficient (Wildman–Crippen LogP) is 2.81. The zero-order valence-corrected chi connectivity index (χ0v) is 19.3. The van der Waals surface area contributed by atoms with Gasteiger partial charge in [0.2, 0.25) is 5.91 Å². The zero-order chi connectivity index (χ0) is 22.5. The predicted molar refractivity (Wildman–Crippen MR) is 120 cm³/mol. The van der Waals surface area contributed by atoms with Gasteiger partial charge in [-0.3, -0.25) is 4.79 Å². The molecule has 0 heterocycles. The Morgan fingerprint density at radius 1 is 1.03 bits per heavy atom. The van der Waals surface area contributed by atoms with Gasteiger partial charge in [-0.05, 0) is 57.0 Å². The van der Waals surface area contributed by atoms with Crippen molar-refractivity contribution in [2.24, 2.45) is 0 Å². The number of amides is 1. The van der Waals surface area contributed by atoms with Gasteiger partial charge in [-0.15, -0.1) is 0 Å². The van der Waals surface area contributed by atoms with Crippen molar-refractivity contribution in [3.05, 3.63) is 59.2 Å². The van der Waals surface area contributed by atoms with Crippen molar-refractivity contribution in [2.75, 3.05) is 31.6 Å². The number of nitrogens with one attached hydrogen (secondary N) is 1. The van der Waals surface area contributed by atoms with Gasteiger partial charge >= 0.3 is 10.2 Å². The van der Waals surface area contributed by atoms with E-state index in [1.54, 1.807) is 6.07 Å². The summed E-state index contributed by atoms with van der Waals surface area (Å²) >= 11 is 0. The summed E-state index contributed by atoms with van der Waals surface area (Å²) in [7, 11) is -0.951. The van der Waals surface area contributed by atoms with E-state index in [2.05, 4.69) is 5.32 Å². The Labute approximate surface area is 179 Å². The van der Waals surface area contributed by atoms with E-state index in [9.17, 15) is 13.2 Å². The van der Waals surface area contributed by atoms with Gasteiger partial charge in [0.15, 0.2) is 0 Å². The fourth-order valence-corrected chi connectivity index (χ4v) is 3.94. The largest absolute Gasteiger partial charge is 0.491 e. The highest BCUT2D eigenvalue weighted by molar-refractivity contribution is 7.90. The molecule has 8 heteroatoms. The fraction of sp³-hybridized carbons (Fsp3) is 0.409. The van der Waals surface area contributed by atoms with E-state index in [0.717, 1.165) is 25.3 Å². The Morgan fingerprint density at radius 2 is 1.63 bits per heavy atom. The Morgan fingerprint density at radius 3 is 2.23 bits per heavy atom. The van der Waals surface area contributed by atoms with Gasteiger partial charge in [0.05, 0.1) is 11.7 Å². The minimum atomic E-state index is -3.85. The Balaban J connectivity index is 2.10. The van der Waals surface area contributed by atoms with Crippen LogP contribution in [0.4, 0.5) is 5.69 Å². The van der Waals surface area contributed by atoms with Crippen molar-refractivity contribution in [3.63, 3.8) is 0 Å². The van der Waals surface area contributed by atoms with Crippen LogP contribution in [-0.4, -0.2) is 51.9 Å². The zero-order valence-electron chi connectivity index (χ0n) is 18.5. The van der Waals surface area contributed by atoms with E-state index in [1.165, 1.54) is 14.1 Å². The van der Waals surface area contributed by atoms with Gasteiger partial charge in [0.25, 0.3) is 0 Å². The molecule has 0 aliphatic rings. The van der Waals surface area contributed by atoms with Crippen LogP contribution in [-0.2, 0) is 15.0 Å². The van der Waals surface area contributed by atoms with E-state index in [-0.39, 0.29) is 19.2 Å². The van der Waals surface area contributed by atoms with Crippen LogP contribution in [0.1, 0.15) is 23.6 Å². The molecule has 0 saturated carbocycles. The number of rotatable bonds is 9. The summed E-state index contributed by atoms with van der Waals surface area (Å²) in [6.07, 6.45) is 0. The van der Waals surface area contributed by atoms with Crippen LogP contribution < -0.4 is 14.4 Å². The third-order valence-electron chi connectivity index (χ3n) is 4.59. The van der Waals surface area contributed by atoms with Gasteiger partial charge < -0.3 is 10.1 Å². The van der Waals surface area contributed by atoms with E-state index >= 15 is 0 Å². The van der Waals surface area contributed by atoms with Crippen molar-refractivity contribution in [3.8, 4) is 5.75 Å². The number of carbonyl (C=O) groups is 1. The SMILES string of the molecule is Cc1ccc(OC[C@@H](C)NC(=O)CN(c2cc(C)ccc2C)S(=O)(=O)N(C)C)cc1. The number of nitrogens with zero attached hydrogens (tertiary/aromatic N) is 2. The number of hydrogen-bond acceptors (Lipinski definition) is 4. The minimum absolute atomic E-state index is 0.276. The maximum atomic E-state index is 12.9. The number of hydrogen-bond donors (Lipinski definition) is 1. The summed E-state index contributed by atoms with van der Waals surface area (Å²) < 4.78 is 33.7. The molecule has 2 aromatic carbocycles. The molecule has 0 unspecified atom stereocenters. The van der Waals surface area contributed by atoms with Gasteiger partial charge in [0, 0.05) is 14.1 Å². The standard InChI is InChI=1S/C22H31N3O4S/c1-16-8-11-20(12-9-16)29-15-19(4)23-22(26)14-25(30(27,28)24(5)6)21-13-17(2)7-10-18(21)3/h7-13,19H,14-15H2,1-6H3,(H,23,26)/t19-/m1/s1. The third kappa shape index (κ3) is 6.21. The first kappa shape index (κ1) is 23.7. The van der Waals surface area contributed by atoms with Crippen molar-refractivity contribution in [1.29, 1.82) is 0 Å². The Bertz CT molecular complexity index is 972. The Kier molecular flexibility index (Phi) is 7.86. The topological polar surface area (TPSA) is 79.0 Å². The highest BCUT2D eigenvalue weighted by Crippen LogP contribution is 2.25. The van der Waals surface area contributed by atoms with Crippen LogP contribution in [0, 0.1) is 20.8 Å². The Hall–Kier alpha value is -2.58. The smallest absolute Gasteiger partial charge is 0.304 e. The van der Waals surface area contributed by atoms with Gasteiger partial charge in [-0.2, -0.15) is 12.7 Å². The summed E-state index contributed by atoms with van der Waals surface area (Å²) in [6, 6.07) is 12.9. The molecule has 0 bridgehead atoms. The number of carbonyl (C=O) groups excluding carboxylic acids is 1. The molecule has 30 heavy (non-hydrogen) atoms. The lowest BCUT2D eigenvalue weighted by molar-refractivity contribution is -0.120. The molecule has 0 aliphatic carbocycles. The number of anilines is 1. The second kappa shape index (κ2) is 9.95. The van der Waals surface area contributed by atoms with Crippen LogP contribution in [0.5, 0.6) is 5.75 Å². The van der Waals surface area contributed by atoms with E-state index in [0.29, 0.717) is 11.4 Å². The van der Waals surface area contributed by atoms with Crippen LogP contribution >= 0.6 is 0 Å². The molecule has 1 atom stereocenters. The molecule has 0 radical (unpaired) electrons. The third-order valence-corrected chi connectivity index (χ3v) is 6.39. The second-order valence-electron chi connectivity index (χ2n) is 7.68. The summed E-state index contributed by atoms with van der Waals surface area (Å²) in [5.74, 6) is 0.315. The average molecular weight is 434 g/mol. The lowest BCUT2D eigenvalue weighted by atomic mass is 10.1. The first-order valence-electron chi connectivity index (χ1n) is 9.77. The molecule has 0 saturated heterocycles. The lowest BCUT2D eigenvalue weighted by Crippen LogP contribution is -2.48. The fourth-order valence-electron chi connectivity index (χ4n) is 2.82. The van der Waals surface area contributed by atoms with Crippen molar-refractivity contribution >= 4 is 21.8 Å². The highest BCUT2D eigenvalue weighted by Gasteiger charge is 2.28. The van der Waals surface area contributed by atoms with Crippen LogP contribution in [0.2, 0.25) is 0 Å². The molecule has 164 valence electrons. The molecule has 2 aromatic rings. The first-order valence-corrected chi connectivity index (χ1v) is 11.2. The number of ether oxygens (including phenoxy) is 1. The lowest BCUT2D eigenvalue weighted by Gasteiger charge is -2.29. The molecular formula is C22H31N3O4S. The van der Waals surface area contributed by atoms with Gasteiger partial charge in [-0.1, -0.05) is 29.8 Å². The maximum absolute atomic E-state index is 12.9. The average Bonchev–Trinajstić information content (AvgIpc) is 2.67. The van der Waals surface area contributed by atoms with Crippen LogP contribution in [0.15, 0.2) is 42.5 Å². The molecule has 0 aliphatic heterocycles. The highest BCUT2D eigenvalue weighted by atomic mass is 32.2. The quantitative estimate of drug-likeness (QED) is 0.660.